The third-order valence-electron chi connectivity index (χ3n) is 5.81. The van der Waals surface area contributed by atoms with Crippen LogP contribution in [0, 0.1) is 0 Å². The van der Waals surface area contributed by atoms with Crippen molar-refractivity contribution in [2.24, 2.45) is 4.40 Å². The lowest BCUT2D eigenvalue weighted by Crippen LogP contribution is -2.47. The van der Waals surface area contributed by atoms with E-state index in [1.807, 2.05) is 66.7 Å². The van der Waals surface area contributed by atoms with Gasteiger partial charge in [0.1, 0.15) is 10.9 Å². The Bertz CT molecular complexity index is 1260. The zero-order valence-electron chi connectivity index (χ0n) is 19.0. The molecule has 3 aromatic carbocycles. The molecule has 178 valence electrons. The third kappa shape index (κ3) is 5.27. The van der Waals surface area contributed by atoms with Gasteiger partial charge in [-0.3, -0.25) is 0 Å². The van der Waals surface area contributed by atoms with Gasteiger partial charge in [-0.15, -0.1) is 4.40 Å². The fourth-order valence-electron chi connectivity index (χ4n) is 4.25. The molecule has 0 saturated carbocycles. The predicted octanol–water partition coefficient (Wildman–Crippen LogP) is 5.26. The third-order valence-corrected chi connectivity index (χ3v) is 7.92. The molecule has 1 unspecified atom stereocenters. The molecule has 0 aromatic heterocycles. The maximum absolute atomic E-state index is 13.3. The largest absolute Gasteiger partial charge is 0.457 e. The fourth-order valence-corrected chi connectivity index (χ4v) is 6.07. The average Bonchev–Trinajstić information content (AvgIpc) is 2.79. The van der Waals surface area contributed by atoms with E-state index in [0.29, 0.717) is 17.0 Å². The second-order valence-electron chi connectivity index (χ2n) is 8.75. The van der Waals surface area contributed by atoms with Crippen LogP contribution in [-0.4, -0.2) is 31.8 Å². The highest BCUT2D eigenvalue weighted by molar-refractivity contribution is 7.90. The normalized spacial score (nSPS) is 19.5. The van der Waals surface area contributed by atoms with Crippen molar-refractivity contribution in [3.63, 3.8) is 0 Å². The summed E-state index contributed by atoms with van der Waals surface area (Å²) in [5.41, 5.74) is 2.41. The van der Waals surface area contributed by atoms with Crippen LogP contribution in [-0.2, 0) is 14.8 Å². The summed E-state index contributed by atoms with van der Waals surface area (Å²) in [6, 6.07) is 23.9. The molecule has 1 aliphatic heterocycles. The summed E-state index contributed by atoms with van der Waals surface area (Å²) >= 11 is 5.98. The lowest BCUT2D eigenvalue weighted by Gasteiger charge is -2.38. The summed E-state index contributed by atoms with van der Waals surface area (Å²) in [4.78, 5) is 0. The van der Waals surface area contributed by atoms with Crippen molar-refractivity contribution in [2.45, 2.75) is 37.2 Å². The van der Waals surface area contributed by atoms with Crippen LogP contribution < -0.4 is 5.32 Å². The zero-order chi connectivity index (χ0) is 24.3. The number of ether oxygens (including phenoxy) is 1. The van der Waals surface area contributed by atoms with E-state index < -0.39 is 26.9 Å². The number of nitrogens with zero attached hydrogens (tertiary/aromatic N) is 1. The Morgan fingerprint density at radius 3 is 2.21 bits per heavy atom. The molecule has 34 heavy (non-hydrogen) atoms. The van der Waals surface area contributed by atoms with Crippen LogP contribution in [0.5, 0.6) is 0 Å². The number of aliphatic hydroxyl groups is 1. The zero-order valence-corrected chi connectivity index (χ0v) is 20.6. The van der Waals surface area contributed by atoms with E-state index in [9.17, 15) is 13.5 Å². The minimum absolute atomic E-state index is 0.0874. The van der Waals surface area contributed by atoms with Gasteiger partial charge in [-0.25, -0.2) is 8.42 Å². The molecule has 1 heterocycles. The number of aliphatic hydroxyl groups excluding tert-OH is 1. The minimum atomic E-state index is -3.94. The molecular weight excluding hydrogens is 472 g/mol. The SMILES string of the molecule is CC1(C)OC(N[C@@H](CCO)c2ccc(Cl)cc2)=NS(=O)(=O)C1c1ccc(-c2ccccc2)cc1. The topological polar surface area (TPSA) is 88.0 Å². The van der Waals surface area contributed by atoms with Gasteiger partial charge in [-0.1, -0.05) is 78.3 Å². The molecule has 8 heteroatoms. The van der Waals surface area contributed by atoms with Crippen LogP contribution in [0.25, 0.3) is 11.1 Å². The molecule has 0 fully saturated rings. The second kappa shape index (κ2) is 9.78. The van der Waals surface area contributed by atoms with Gasteiger partial charge >= 0.3 is 6.02 Å². The molecule has 0 aliphatic carbocycles. The minimum Gasteiger partial charge on any atom is -0.457 e. The van der Waals surface area contributed by atoms with Crippen molar-refractivity contribution in [3.05, 3.63) is 95.0 Å². The van der Waals surface area contributed by atoms with E-state index in [0.717, 1.165) is 16.7 Å². The molecule has 0 bridgehead atoms. The maximum atomic E-state index is 13.3. The first-order chi connectivity index (χ1) is 16.2. The number of hydrogen-bond acceptors (Lipinski definition) is 5. The lowest BCUT2D eigenvalue weighted by atomic mass is 9.95. The predicted molar refractivity (Wildman–Crippen MR) is 135 cm³/mol. The van der Waals surface area contributed by atoms with E-state index in [4.69, 9.17) is 16.3 Å². The summed E-state index contributed by atoms with van der Waals surface area (Å²) in [5.74, 6) is 0. The van der Waals surface area contributed by atoms with Gasteiger partial charge in [0.15, 0.2) is 0 Å². The Morgan fingerprint density at radius 1 is 1.00 bits per heavy atom. The fraction of sp³-hybridized carbons (Fsp3) is 0.269. The number of halogens is 1. The Morgan fingerprint density at radius 2 is 1.62 bits per heavy atom. The van der Waals surface area contributed by atoms with Crippen LogP contribution in [0.15, 0.2) is 83.3 Å². The molecule has 3 aromatic rings. The van der Waals surface area contributed by atoms with Crippen molar-refractivity contribution in [1.82, 2.24) is 5.32 Å². The first kappa shape index (κ1) is 24.3. The summed E-state index contributed by atoms with van der Waals surface area (Å²) < 4.78 is 36.6. The van der Waals surface area contributed by atoms with Crippen LogP contribution in [0.2, 0.25) is 5.02 Å². The number of nitrogens with one attached hydrogen (secondary N) is 1. The smallest absolute Gasteiger partial charge is 0.301 e. The number of rotatable bonds is 6. The van der Waals surface area contributed by atoms with Gasteiger partial charge in [0.05, 0.1) is 6.04 Å². The molecule has 1 aliphatic rings. The monoisotopic (exact) mass is 498 g/mol. The molecular formula is C26H27ClN2O4S. The Balaban J connectivity index is 1.61. The highest BCUT2D eigenvalue weighted by Gasteiger charge is 2.47. The number of sulfonamides is 1. The van der Waals surface area contributed by atoms with Crippen molar-refractivity contribution in [2.75, 3.05) is 6.61 Å². The summed E-state index contributed by atoms with van der Waals surface area (Å²) in [5, 5.41) is 12.2. The molecule has 0 saturated heterocycles. The van der Waals surface area contributed by atoms with Crippen LogP contribution in [0.1, 0.15) is 42.7 Å². The molecule has 0 radical (unpaired) electrons. The van der Waals surface area contributed by atoms with Crippen molar-refractivity contribution in [3.8, 4) is 11.1 Å². The molecule has 0 spiro atoms. The summed E-state index contributed by atoms with van der Waals surface area (Å²) in [6.07, 6.45) is 0.342. The van der Waals surface area contributed by atoms with Gasteiger partial charge in [-0.05, 0) is 54.7 Å². The standard InChI is InChI=1S/C26H27ClN2O4S/c1-26(2)24(21-10-8-19(9-11-21)18-6-4-3-5-7-18)34(31,32)29-25(33-26)28-23(16-17-30)20-12-14-22(27)15-13-20/h3-15,23-24,30H,16-17H2,1-2H3,(H,28,29)/t23-,24?/m0/s1. The van der Waals surface area contributed by atoms with Crippen molar-refractivity contribution >= 4 is 27.6 Å². The quantitative estimate of drug-likeness (QED) is 0.484. The Kier molecular flexibility index (Phi) is 6.98. The highest BCUT2D eigenvalue weighted by Crippen LogP contribution is 2.41. The van der Waals surface area contributed by atoms with E-state index >= 15 is 0 Å². The van der Waals surface area contributed by atoms with E-state index in [1.165, 1.54) is 0 Å². The molecule has 2 atom stereocenters. The second-order valence-corrected chi connectivity index (χ2v) is 10.9. The van der Waals surface area contributed by atoms with Gasteiger partial charge in [-0.2, -0.15) is 0 Å². The molecule has 6 nitrogen and oxygen atoms in total. The van der Waals surface area contributed by atoms with Crippen molar-refractivity contribution in [1.29, 1.82) is 0 Å². The van der Waals surface area contributed by atoms with Gasteiger partial charge in [0.25, 0.3) is 10.0 Å². The van der Waals surface area contributed by atoms with Crippen LogP contribution in [0.4, 0.5) is 0 Å². The van der Waals surface area contributed by atoms with Gasteiger partial charge < -0.3 is 15.2 Å². The summed E-state index contributed by atoms with van der Waals surface area (Å²) in [6.45, 7) is 3.38. The van der Waals surface area contributed by atoms with Crippen molar-refractivity contribution < 1.29 is 18.3 Å². The molecule has 2 N–H and O–H groups in total. The number of amidine groups is 1. The first-order valence-corrected chi connectivity index (χ1v) is 12.9. The Labute approximate surface area is 205 Å². The van der Waals surface area contributed by atoms with Gasteiger partial charge in [0, 0.05) is 11.6 Å². The summed E-state index contributed by atoms with van der Waals surface area (Å²) in [7, 11) is -3.94. The van der Waals surface area contributed by atoms with E-state index in [1.54, 1.807) is 26.0 Å². The average molecular weight is 499 g/mol. The molecule has 4 rings (SSSR count). The van der Waals surface area contributed by atoms with E-state index in [2.05, 4.69) is 9.71 Å². The maximum Gasteiger partial charge on any atom is 0.301 e. The van der Waals surface area contributed by atoms with Crippen LogP contribution >= 0.6 is 11.6 Å². The lowest BCUT2D eigenvalue weighted by molar-refractivity contribution is 0.0760. The van der Waals surface area contributed by atoms with E-state index in [-0.39, 0.29) is 12.6 Å². The Hall–Kier alpha value is -2.87. The van der Waals surface area contributed by atoms with Gasteiger partial charge in [0.2, 0.25) is 0 Å². The number of benzene rings is 3. The first-order valence-electron chi connectivity index (χ1n) is 11.0. The highest BCUT2D eigenvalue weighted by atomic mass is 35.5. The molecule has 0 amide bonds. The van der Waals surface area contributed by atoms with Crippen LogP contribution in [0.3, 0.4) is 0 Å². The number of hydrogen-bond donors (Lipinski definition) is 2.